The molecule has 4 heteroatoms. The zero-order valence-corrected chi connectivity index (χ0v) is 8.44. The maximum atomic E-state index is 12.5. The molecule has 14 heavy (non-hydrogen) atoms. The molecule has 0 heterocycles. The van der Waals surface area contributed by atoms with Crippen LogP contribution < -0.4 is 5.73 Å². The highest BCUT2D eigenvalue weighted by molar-refractivity contribution is 5.37. The second-order valence-electron chi connectivity index (χ2n) is 2.82. The molecule has 0 saturated heterocycles. The van der Waals surface area contributed by atoms with Crippen LogP contribution in [0.5, 0.6) is 0 Å². The summed E-state index contributed by atoms with van der Waals surface area (Å²) in [6, 6.07) is 0. The van der Waals surface area contributed by atoms with Gasteiger partial charge in [0, 0.05) is 5.70 Å². The lowest BCUT2D eigenvalue weighted by molar-refractivity contribution is -0.0893. The van der Waals surface area contributed by atoms with Crippen molar-refractivity contribution in [3.05, 3.63) is 35.1 Å². The van der Waals surface area contributed by atoms with Gasteiger partial charge in [-0.25, -0.2) is 0 Å². The molecular formula is C10H14F3N. The molecule has 0 aliphatic heterocycles. The highest BCUT2D eigenvalue weighted by Gasteiger charge is 2.34. The van der Waals surface area contributed by atoms with Gasteiger partial charge in [0.2, 0.25) is 0 Å². The molecule has 0 spiro atoms. The van der Waals surface area contributed by atoms with Gasteiger partial charge in [0.15, 0.2) is 0 Å². The Balaban J connectivity index is 5.24. The summed E-state index contributed by atoms with van der Waals surface area (Å²) in [4.78, 5) is 0. The quantitative estimate of drug-likeness (QED) is 0.688. The Morgan fingerprint density at radius 3 is 1.93 bits per heavy atom. The number of halogens is 3. The van der Waals surface area contributed by atoms with E-state index in [2.05, 4.69) is 0 Å². The number of hydrogen-bond donors (Lipinski definition) is 1. The molecule has 0 unspecified atom stereocenters. The van der Waals surface area contributed by atoms with Crippen molar-refractivity contribution >= 4 is 0 Å². The smallest absolute Gasteiger partial charge is 0.399 e. The van der Waals surface area contributed by atoms with Gasteiger partial charge in [0.25, 0.3) is 0 Å². The van der Waals surface area contributed by atoms with Gasteiger partial charge in [-0.05, 0) is 32.4 Å². The molecule has 0 aromatic carbocycles. The molecule has 0 saturated carbocycles. The number of hydrogen-bond acceptors (Lipinski definition) is 1. The number of nitrogens with two attached hydrogens (primary N) is 1. The third-order valence-electron chi connectivity index (χ3n) is 1.81. The fourth-order valence-corrected chi connectivity index (χ4v) is 0.825. The summed E-state index contributed by atoms with van der Waals surface area (Å²) in [5.41, 5.74) is 4.90. The van der Waals surface area contributed by atoms with E-state index in [9.17, 15) is 13.2 Å². The van der Waals surface area contributed by atoms with Gasteiger partial charge in [-0.2, -0.15) is 13.2 Å². The van der Waals surface area contributed by atoms with Crippen LogP contribution >= 0.6 is 0 Å². The predicted octanol–water partition coefficient (Wildman–Crippen LogP) is 3.30. The molecule has 0 radical (unpaired) electrons. The molecule has 0 aliphatic rings. The van der Waals surface area contributed by atoms with Gasteiger partial charge in [-0.3, -0.25) is 0 Å². The average Bonchev–Trinajstić information content (AvgIpc) is 2.10. The van der Waals surface area contributed by atoms with Gasteiger partial charge >= 0.3 is 6.18 Å². The van der Waals surface area contributed by atoms with Gasteiger partial charge in [-0.1, -0.05) is 12.2 Å². The Labute approximate surface area is 81.8 Å². The standard InChI is InChI=1S/C10H14F3N/c1-4-7(3)9(10(11,12)13)6-8(14)5-2/h4-6H,14H2,1-3H3/b7-4-,8-5+,9-6+. The van der Waals surface area contributed by atoms with Gasteiger partial charge in [0.1, 0.15) is 0 Å². The van der Waals surface area contributed by atoms with Crippen LogP contribution in [0.4, 0.5) is 13.2 Å². The maximum absolute atomic E-state index is 12.5. The SMILES string of the molecule is C\C=C(C)/C(=C\C(N)=C/C)C(F)(F)F. The van der Waals surface area contributed by atoms with E-state index in [1.807, 2.05) is 0 Å². The first-order valence-electron chi connectivity index (χ1n) is 4.17. The Bertz CT molecular complexity index is 282. The summed E-state index contributed by atoms with van der Waals surface area (Å²) >= 11 is 0. The fraction of sp³-hybridized carbons (Fsp3) is 0.400. The number of allylic oxidation sites excluding steroid dienone is 5. The van der Waals surface area contributed by atoms with Crippen LogP contribution in [0.1, 0.15) is 20.8 Å². The minimum absolute atomic E-state index is 0.110. The lowest BCUT2D eigenvalue weighted by atomic mass is 10.1. The monoisotopic (exact) mass is 205 g/mol. The fourth-order valence-electron chi connectivity index (χ4n) is 0.825. The third-order valence-corrected chi connectivity index (χ3v) is 1.81. The zero-order chi connectivity index (χ0) is 11.4. The Morgan fingerprint density at radius 2 is 1.64 bits per heavy atom. The van der Waals surface area contributed by atoms with Crippen molar-refractivity contribution in [3.8, 4) is 0 Å². The largest absolute Gasteiger partial charge is 0.416 e. The molecule has 0 aliphatic carbocycles. The van der Waals surface area contributed by atoms with E-state index in [4.69, 9.17) is 5.73 Å². The average molecular weight is 205 g/mol. The van der Waals surface area contributed by atoms with Crippen LogP contribution in [0.25, 0.3) is 0 Å². The number of alkyl halides is 3. The lowest BCUT2D eigenvalue weighted by Crippen LogP contribution is -2.14. The van der Waals surface area contributed by atoms with Crippen LogP contribution in [0, 0.1) is 0 Å². The zero-order valence-electron chi connectivity index (χ0n) is 8.44. The second kappa shape index (κ2) is 4.88. The van der Waals surface area contributed by atoms with E-state index in [0.29, 0.717) is 0 Å². The Morgan fingerprint density at radius 1 is 1.14 bits per heavy atom. The van der Waals surface area contributed by atoms with Crippen LogP contribution in [-0.2, 0) is 0 Å². The molecule has 0 amide bonds. The predicted molar refractivity (Wildman–Crippen MR) is 51.5 cm³/mol. The topological polar surface area (TPSA) is 26.0 Å². The molecule has 0 aromatic rings. The van der Waals surface area contributed by atoms with Crippen molar-refractivity contribution < 1.29 is 13.2 Å². The first-order chi connectivity index (χ1) is 6.32. The Hall–Kier alpha value is -1.19. The van der Waals surface area contributed by atoms with Crippen molar-refractivity contribution in [1.29, 1.82) is 0 Å². The number of rotatable bonds is 2. The molecule has 0 rings (SSSR count). The van der Waals surface area contributed by atoms with E-state index in [1.165, 1.54) is 19.1 Å². The summed E-state index contributed by atoms with van der Waals surface area (Å²) in [5, 5.41) is 0. The van der Waals surface area contributed by atoms with Crippen LogP contribution in [0.3, 0.4) is 0 Å². The van der Waals surface area contributed by atoms with Crippen LogP contribution in [-0.4, -0.2) is 6.18 Å². The molecule has 0 fully saturated rings. The summed E-state index contributed by atoms with van der Waals surface area (Å²) in [5.74, 6) is 0. The van der Waals surface area contributed by atoms with Crippen molar-refractivity contribution in [1.82, 2.24) is 0 Å². The van der Waals surface area contributed by atoms with Gasteiger partial charge in [0.05, 0.1) is 5.57 Å². The second-order valence-corrected chi connectivity index (χ2v) is 2.82. The van der Waals surface area contributed by atoms with E-state index in [1.54, 1.807) is 13.8 Å². The van der Waals surface area contributed by atoms with Crippen molar-refractivity contribution in [2.24, 2.45) is 5.73 Å². The first-order valence-corrected chi connectivity index (χ1v) is 4.17. The molecule has 2 N–H and O–H groups in total. The lowest BCUT2D eigenvalue weighted by Gasteiger charge is -2.12. The molecule has 0 atom stereocenters. The highest BCUT2D eigenvalue weighted by Crippen LogP contribution is 2.31. The van der Waals surface area contributed by atoms with Crippen molar-refractivity contribution in [2.45, 2.75) is 26.9 Å². The van der Waals surface area contributed by atoms with E-state index in [-0.39, 0.29) is 11.3 Å². The molecule has 80 valence electrons. The Kier molecular flexibility index (Phi) is 4.47. The third kappa shape index (κ3) is 3.68. The summed E-state index contributed by atoms with van der Waals surface area (Å²) in [6.45, 7) is 4.55. The van der Waals surface area contributed by atoms with E-state index >= 15 is 0 Å². The molecule has 1 nitrogen and oxygen atoms in total. The van der Waals surface area contributed by atoms with Crippen molar-refractivity contribution in [3.63, 3.8) is 0 Å². The molecule has 0 bridgehead atoms. The first kappa shape index (κ1) is 12.8. The maximum Gasteiger partial charge on any atom is 0.416 e. The minimum Gasteiger partial charge on any atom is -0.399 e. The van der Waals surface area contributed by atoms with Crippen molar-refractivity contribution in [2.75, 3.05) is 0 Å². The van der Waals surface area contributed by atoms with Crippen LogP contribution in [0.2, 0.25) is 0 Å². The molecular weight excluding hydrogens is 191 g/mol. The normalized spacial score (nSPS) is 16.0. The van der Waals surface area contributed by atoms with Crippen LogP contribution in [0.15, 0.2) is 35.1 Å². The highest BCUT2D eigenvalue weighted by atomic mass is 19.4. The van der Waals surface area contributed by atoms with E-state index < -0.39 is 11.7 Å². The summed E-state index contributed by atoms with van der Waals surface area (Å²) in [7, 11) is 0. The summed E-state index contributed by atoms with van der Waals surface area (Å²) < 4.78 is 37.4. The van der Waals surface area contributed by atoms with Gasteiger partial charge in [-0.15, -0.1) is 0 Å². The molecule has 0 aromatic heterocycles. The van der Waals surface area contributed by atoms with E-state index in [0.717, 1.165) is 6.08 Å². The minimum atomic E-state index is -4.36. The summed E-state index contributed by atoms with van der Waals surface area (Å²) in [6.07, 6.45) is -0.587. The van der Waals surface area contributed by atoms with Gasteiger partial charge < -0.3 is 5.73 Å².